The van der Waals surface area contributed by atoms with Crippen molar-refractivity contribution in [2.75, 3.05) is 11.4 Å². The Morgan fingerprint density at radius 3 is 2.58 bits per heavy atom. The van der Waals surface area contributed by atoms with Gasteiger partial charge in [0.2, 0.25) is 21.8 Å². The summed E-state index contributed by atoms with van der Waals surface area (Å²) < 4.78 is 28.5. The smallest absolute Gasteiger partial charge is 0.240 e. The van der Waals surface area contributed by atoms with E-state index in [1.54, 1.807) is 34.4 Å². The number of thiophene rings is 1. The highest BCUT2D eigenvalue weighted by molar-refractivity contribution is 7.89. The van der Waals surface area contributed by atoms with Gasteiger partial charge in [-0.2, -0.15) is 0 Å². The number of amides is 2. The van der Waals surface area contributed by atoms with E-state index in [0.29, 0.717) is 19.5 Å². The topological polar surface area (TPSA) is 95.6 Å². The lowest BCUT2D eigenvalue weighted by atomic mass is 9.81. The normalized spacial score (nSPS) is 22.7. The van der Waals surface area contributed by atoms with Crippen LogP contribution in [-0.2, 0) is 32.6 Å². The van der Waals surface area contributed by atoms with E-state index in [0.717, 1.165) is 41.8 Å². The highest BCUT2D eigenvalue weighted by Gasteiger charge is 2.31. The zero-order chi connectivity index (χ0) is 23.6. The SMILES string of the molecule is CC(=O)N1c2ccc(S(=O)(=O)NCC3CCC(C(=O)NCc4cccs4)CC3)cc2C[C@H]1C. The summed E-state index contributed by atoms with van der Waals surface area (Å²) >= 11 is 1.63. The maximum absolute atomic E-state index is 12.9. The molecule has 1 aromatic heterocycles. The molecular weight excluding hydrogens is 458 g/mol. The first-order valence-corrected chi connectivity index (χ1v) is 13.8. The number of benzene rings is 1. The van der Waals surface area contributed by atoms with Gasteiger partial charge in [-0.3, -0.25) is 9.59 Å². The molecule has 7 nitrogen and oxygen atoms in total. The Bertz CT molecular complexity index is 1110. The highest BCUT2D eigenvalue weighted by atomic mass is 32.2. The first-order valence-electron chi connectivity index (χ1n) is 11.5. The second-order valence-corrected chi connectivity index (χ2v) is 11.9. The van der Waals surface area contributed by atoms with E-state index in [4.69, 9.17) is 0 Å². The van der Waals surface area contributed by atoms with Gasteiger partial charge in [-0.1, -0.05) is 6.07 Å². The molecule has 4 rings (SSSR count). The zero-order valence-electron chi connectivity index (χ0n) is 19.0. The van der Waals surface area contributed by atoms with Crippen molar-refractivity contribution in [3.8, 4) is 0 Å². The summed E-state index contributed by atoms with van der Waals surface area (Å²) in [5.74, 6) is 0.282. The van der Waals surface area contributed by atoms with Crippen LogP contribution >= 0.6 is 11.3 Å². The van der Waals surface area contributed by atoms with Crippen LogP contribution in [0.4, 0.5) is 5.69 Å². The van der Waals surface area contributed by atoms with Gasteiger partial charge in [-0.15, -0.1) is 11.3 Å². The number of nitrogens with zero attached hydrogens (tertiary/aromatic N) is 1. The minimum absolute atomic E-state index is 0.000687. The van der Waals surface area contributed by atoms with E-state index in [1.165, 1.54) is 6.92 Å². The molecule has 9 heteroatoms. The highest BCUT2D eigenvalue weighted by Crippen LogP contribution is 2.34. The summed E-state index contributed by atoms with van der Waals surface area (Å²) in [5.41, 5.74) is 1.68. The molecule has 33 heavy (non-hydrogen) atoms. The number of rotatable bonds is 7. The van der Waals surface area contributed by atoms with Gasteiger partial charge >= 0.3 is 0 Å². The number of sulfonamides is 1. The summed E-state index contributed by atoms with van der Waals surface area (Å²) in [4.78, 5) is 27.4. The predicted octanol–water partition coefficient (Wildman–Crippen LogP) is 3.45. The van der Waals surface area contributed by atoms with E-state index in [-0.39, 0.29) is 34.6 Å². The van der Waals surface area contributed by atoms with Crippen LogP contribution in [0.25, 0.3) is 0 Å². The maximum Gasteiger partial charge on any atom is 0.240 e. The van der Waals surface area contributed by atoms with Crippen LogP contribution in [0.3, 0.4) is 0 Å². The van der Waals surface area contributed by atoms with Gasteiger partial charge in [0.1, 0.15) is 0 Å². The Morgan fingerprint density at radius 2 is 1.91 bits per heavy atom. The van der Waals surface area contributed by atoms with Gasteiger partial charge in [0.05, 0.1) is 11.4 Å². The molecule has 0 bridgehead atoms. The van der Waals surface area contributed by atoms with Gasteiger partial charge in [0.25, 0.3) is 0 Å². The second-order valence-electron chi connectivity index (χ2n) is 9.10. The molecule has 1 aliphatic carbocycles. The molecule has 2 amide bonds. The summed E-state index contributed by atoms with van der Waals surface area (Å²) in [7, 11) is -3.63. The van der Waals surface area contributed by atoms with Crippen molar-refractivity contribution < 1.29 is 18.0 Å². The number of hydrogen-bond acceptors (Lipinski definition) is 5. The molecule has 1 atom stereocenters. The minimum atomic E-state index is -3.63. The lowest BCUT2D eigenvalue weighted by molar-refractivity contribution is -0.126. The number of hydrogen-bond donors (Lipinski definition) is 2. The van der Waals surface area contributed by atoms with Gasteiger partial charge in [-0.25, -0.2) is 13.1 Å². The van der Waals surface area contributed by atoms with Crippen LogP contribution in [0.1, 0.15) is 50.0 Å². The van der Waals surface area contributed by atoms with Crippen LogP contribution in [0.2, 0.25) is 0 Å². The molecule has 178 valence electrons. The summed E-state index contributed by atoms with van der Waals surface area (Å²) in [6, 6.07) is 9.00. The summed E-state index contributed by atoms with van der Waals surface area (Å²) in [6.45, 7) is 4.44. The van der Waals surface area contributed by atoms with Crippen LogP contribution in [-0.4, -0.2) is 32.8 Å². The molecule has 2 heterocycles. The summed E-state index contributed by atoms with van der Waals surface area (Å²) in [6.07, 6.45) is 3.86. The van der Waals surface area contributed by atoms with Crippen LogP contribution < -0.4 is 14.9 Å². The van der Waals surface area contributed by atoms with E-state index in [1.807, 2.05) is 24.4 Å². The number of carbonyl (C=O) groups is 2. The maximum atomic E-state index is 12.9. The van der Waals surface area contributed by atoms with Crippen molar-refractivity contribution in [2.24, 2.45) is 11.8 Å². The van der Waals surface area contributed by atoms with Gasteiger partial charge in [0.15, 0.2) is 0 Å². The fraction of sp³-hybridized carbons (Fsp3) is 0.500. The van der Waals surface area contributed by atoms with Crippen molar-refractivity contribution in [1.29, 1.82) is 0 Å². The molecule has 0 spiro atoms. The van der Waals surface area contributed by atoms with Crippen LogP contribution in [0.5, 0.6) is 0 Å². The zero-order valence-corrected chi connectivity index (χ0v) is 20.7. The van der Waals surface area contributed by atoms with Crippen LogP contribution in [0, 0.1) is 11.8 Å². The molecule has 1 aromatic carbocycles. The fourth-order valence-electron chi connectivity index (χ4n) is 4.93. The van der Waals surface area contributed by atoms with Gasteiger partial charge in [0, 0.05) is 36.0 Å². The van der Waals surface area contributed by atoms with Crippen molar-refractivity contribution in [3.63, 3.8) is 0 Å². The van der Waals surface area contributed by atoms with Crippen molar-refractivity contribution in [3.05, 3.63) is 46.2 Å². The van der Waals surface area contributed by atoms with Gasteiger partial charge < -0.3 is 10.2 Å². The average Bonchev–Trinajstić information content (AvgIpc) is 3.42. The molecule has 2 aliphatic rings. The quantitative estimate of drug-likeness (QED) is 0.623. The minimum Gasteiger partial charge on any atom is -0.351 e. The first kappa shape index (κ1) is 23.9. The molecule has 2 N–H and O–H groups in total. The second kappa shape index (κ2) is 9.95. The third kappa shape index (κ3) is 5.47. The molecule has 1 fully saturated rings. The number of nitrogens with one attached hydrogen (secondary N) is 2. The number of fused-ring (bicyclic) bond motifs is 1. The van der Waals surface area contributed by atoms with Crippen molar-refractivity contribution >= 4 is 38.9 Å². The molecule has 1 saturated carbocycles. The Balaban J connectivity index is 1.28. The average molecular weight is 490 g/mol. The van der Waals surface area contributed by atoms with Crippen LogP contribution in [0.15, 0.2) is 40.6 Å². The fourth-order valence-corrected chi connectivity index (χ4v) is 6.74. The molecule has 0 radical (unpaired) electrons. The van der Waals surface area contributed by atoms with Crippen molar-refractivity contribution in [2.45, 2.75) is 63.4 Å². The Morgan fingerprint density at radius 1 is 1.15 bits per heavy atom. The van der Waals surface area contributed by atoms with E-state index in [2.05, 4.69) is 10.0 Å². The predicted molar refractivity (Wildman–Crippen MR) is 130 cm³/mol. The summed E-state index contributed by atoms with van der Waals surface area (Å²) in [5, 5.41) is 5.01. The third-order valence-electron chi connectivity index (χ3n) is 6.71. The van der Waals surface area contributed by atoms with E-state index >= 15 is 0 Å². The Hall–Kier alpha value is -2.23. The molecule has 2 aromatic rings. The number of anilines is 1. The molecule has 0 saturated heterocycles. The van der Waals surface area contributed by atoms with Crippen molar-refractivity contribution in [1.82, 2.24) is 10.0 Å². The Kier molecular flexibility index (Phi) is 7.21. The van der Waals surface area contributed by atoms with E-state index < -0.39 is 10.0 Å². The van der Waals surface area contributed by atoms with E-state index in [9.17, 15) is 18.0 Å². The Labute approximate surface area is 199 Å². The first-order chi connectivity index (χ1) is 15.7. The lowest BCUT2D eigenvalue weighted by Gasteiger charge is -2.27. The molecule has 1 aliphatic heterocycles. The standard InChI is InChI=1S/C24H31N3O4S2/c1-16-12-20-13-22(9-10-23(20)27(16)17(2)28)33(30,31)26-14-18-5-7-19(8-6-18)24(29)25-15-21-4-3-11-32-21/h3-4,9-11,13,16,18-19,26H,5-8,12,14-15H2,1-2H3,(H,25,29)/t16-,18?,19?/m1/s1. The lowest BCUT2D eigenvalue weighted by Crippen LogP contribution is -2.35. The number of carbonyl (C=O) groups excluding carboxylic acids is 2. The third-order valence-corrected chi connectivity index (χ3v) is 9.01. The van der Waals surface area contributed by atoms with Gasteiger partial charge in [-0.05, 0) is 80.2 Å². The molecule has 0 unspecified atom stereocenters. The largest absolute Gasteiger partial charge is 0.351 e. The molecular formula is C24H31N3O4S2. The monoisotopic (exact) mass is 489 g/mol.